The molecule has 3 atom stereocenters. The van der Waals surface area contributed by atoms with Gasteiger partial charge in [-0.2, -0.15) is 0 Å². The van der Waals surface area contributed by atoms with Crippen molar-refractivity contribution in [3.63, 3.8) is 0 Å². The van der Waals surface area contributed by atoms with Gasteiger partial charge in [-0.05, 0) is 31.5 Å². The average Bonchev–Trinajstić information content (AvgIpc) is 2.84. The van der Waals surface area contributed by atoms with Crippen LogP contribution in [-0.4, -0.2) is 50.3 Å². The van der Waals surface area contributed by atoms with Gasteiger partial charge in [0.1, 0.15) is 6.61 Å². The fourth-order valence-corrected chi connectivity index (χ4v) is 3.54. The van der Waals surface area contributed by atoms with Gasteiger partial charge in [-0.3, -0.25) is 19.7 Å². The SMILES string of the molecule is CC(C)(O)[C@@H]1C(=O)N2C(C(=O)OCc3ccc([N+](=O)[O-])cc3)C(=O)C[C@@H]12. The summed E-state index contributed by atoms with van der Waals surface area (Å²) in [5, 5.41) is 20.7. The van der Waals surface area contributed by atoms with E-state index in [2.05, 4.69) is 0 Å². The van der Waals surface area contributed by atoms with Crippen LogP contribution in [0.15, 0.2) is 24.3 Å². The number of nitro benzene ring substituents is 1. The molecule has 2 fully saturated rings. The van der Waals surface area contributed by atoms with Gasteiger partial charge in [0, 0.05) is 18.6 Å². The van der Waals surface area contributed by atoms with Crippen molar-refractivity contribution >= 4 is 23.3 Å². The number of rotatable bonds is 5. The van der Waals surface area contributed by atoms with E-state index < -0.39 is 46.2 Å². The molecule has 1 N–H and O–H groups in total. The Hall–Kier alpha value is -2.81. The van der Waals surface area contributed by atoms with Crippen molar-refractivity contribution in [1.29, 1.82) is 0 Å². The lowest BCUT2D eigenvalue weighted by Crippen LogP contribution is -2.67. The molecule has 0 aliphatic carbocycles. The summed E-state index contributed by atoms with van der Waals surface area (Å²) in [5.74, 6) is -2.40. The molecule has 9 nitrogen and oxygen atoms in total. The molecule has 0 saturated carbocycles. The molecular formula is C17H18N2O7. The maximum Gasteiger partial charge on any atom is 0.337 e. The van der Waals surface area contributed by atoms with Crippen molar-refractivity contribution in [3.8, 4) is 0 Å². The van der Waals surface area contributed by atoms with E-state index in [9.17, 15) is 29.6 Å². The third-order valence-electron chi connectivity index (χ3n) is 4.77. The highest BCUT2D eigenvalue weighted by atomic mass is 16.6. The van der Waals surface area contributed by atoms with Crippen LogP contribution >= 0.6 is 0 Å². The van der Waals surface area contributed by atoms with Gasteiger partial charge in [0.25, 0.3) is 5.69 Å². The number of fused-ring (bicyclic) bond motifs is 1. The van der Waals surface area contributed by atoms with E-state index in [0.29, 0.717) is 5.56 Å². The quantitative estimate of drug-likeness (QED) is 0.267. The van der Waals surface area contributed by atoms with Crippen LogP contribution in [0.5, 0.6) is 0 Å². The molecule has 0 spiro atoms. The molecule has 1 unspecified atom stereocenters. The zero-order valence-corrected chi connectivity index (χ0v) is 14.2. The minimum absolute atomic E-state index is 0.0116. The standard InChI is InChI=1S/C17H18N2O7/c1-17(2,23)13-11-7-12(20)14(18(11)15(13)21)16(22)26-8-9-3-5-10(6-4-9)19(24)25/h3-6,11,13-14,23H,7-8H2,1-2H3/t11-,13-,14?/m0/s1. The molecular weight excluding hydrogens is 344 g/mol. The Morgan fingerprint density at radius 3 is 2.50 bits per heavy atom. The van der Waals surface area contributed by atoms with E-state index in [1.54, 1.807) is 0 Å². The Morgan fingerprint density at radius 1 is 1.35 bits per heavy atom. The molecule has 138 valence electrons. The Balaban J connectivity index is 1.64. The minimum Gasteiger partial charge on any atom is -0.459 e. The van der Waals surface area contributed by atoms with Gasteiger partial charge in [-0.25, -0.2) is 4.79 Å². The highest BCUT2D eigenvalue weighted by Gasteiger charge is 2.63. The lowest BCUT2D eigenvalue weighted by atomic mass is 9.76. The second-order valence-electron chi connectivity index (χ2n) is 7.05. The number of amides is 1. The number of esters is 1. The third kappa shape index (κ3) is 2.94. The van der Waals surface area contributed by atoms with E-state index in [0.717, 1.165) is 0 Å². The molecule has 1 amide bonds. The normalized spacial score (nSPS) is 24.9. The van der Waals surface area contributed by atoms with E-state index >= 15 is 0 Å². The van der Waals surface area contributed by atoms with E-state index in [4.69, 9.17) is 4.74 Å². The monoisotopic (exact) mass is 362 g/mol. The number of ether oxygens (including phenoxy) is 1. The zero-order valence-electron chi connectivity index (χ0n) is 14.2. The molecule has 2 saturated heterocycles. The Bertz CT molecular complexity index is 781. The van der Waals surface area contributed by atoms with Gasteiger partial charge in [0.15, 0.2) is 11.8 Å². The predicted octanol–water partition coefficient (Wildman–Crippen LogP) is 0.577. The number of benzene rings is 1. The number of hydrogen-bond donors (Lipinski definition) is 1. The lowest BCUT2D eigenvalue weighted by Gasteiger charge is -2.48. The molecule has 0 radical (unpaired) electrons. The molecule has 0 bridgehead atoms. The zero-order chi connectivity index (χ0) is 19.2. The number of β-lactam (4-membered cyclic amide) rings is 1. The van der Waals surface area contributed by atoms with E-state index in [1.165, 1.54) is 43.0 Å². The second-order valence-corrected chi connectivity index (χ2v) is 7.05. The van der Waals surface area contributed by atoms with Crippen molar-refractivity contribution in [2.24, 2.45) is 5.92 Å². The number of carbonyl (C=O) groups excluding carboxylic acids is 3. The first-order valence-electron chi connectivity index (χ1n) is 8.08. The fourth-order valence-electron chi connectivity index (χ4n) is 3.54. The van der Waals surface area contributed by atoms with Gasteiger partial charge in [0.05, 0.1) is 22.5 Å². The number of carbonyl (C=O) groups is 3. The summed E-state index contributed by atoms with van der Waals surface area (Å²) >= 11 is 0. The average molecular weight is 362 g/mol. The highest BCUT2D eigenvalue weighted by Crippen LogP contribution is 2.43. The second kappa shape index (κ2) is 6.17. The summed E-state index contributed by atoms with van der Waals surface area (Å²) < 4.78 is 5.12. The smallest absolute Gasteiger partial charge is 0.337 e. The number of Topliss-reactive ketones (excluding diaryl/α,β-unsaturated/α-hetero) is 1. The number of nitrogens with zero attached hydrogens (tertiary/aromatic N) is 2. The first kappa shape index (κ1) is 18.0. The van der Waals surface area contributed by atoms with E-state index in [-0.39, 0.29) is 18.7 Å². The van der Waals surface area contributed by atoms with Gasteiger partial charge in [-0.15, -0.1) is 0 Å². The van der Waals surface area contributed by atoms with Gasteiger partial charge < -0.3 is 14.7 Å². The summed E-state index contributed by atoms with van der Waals surface area (Å²) in [7, 11) is 0. The number of nitro groups is 1. The highest BCUT2D eigenvalue weighted by molar-refractivity contribution is 6.11. The van der Waals surface area contributed by atoms with Crippen molar-refractivity contribution in [2.75, 3.05) is 0 Å². The summed E-state index contributed by atoms with van der Waals surface area (Å²) in [6.07, 6.45) is 0.0116. The number of aliphatic hydroxyl groups is 1. The van der Waals surface area contributed by atoms with Crippen LogP contribution in [0.3, 0.4) is 0 Å². The number of hydrogen-bond acceptors (Lipinski definition) is 7. The van der Waals surface area contributed by atoms with Crippen LogP contribution < -0.4 is 0 Å². The summed E-state index contributed by atoms with van der Waals surface area (Å²) in [5.41, 5.74) is -0.830. The van der Waals surface area contributed by atoms with Crippen LogP contribution in [0, 0.1) is 16.0 Å². The van der Waals surface area contributed by atoms with Crippen LogP contribution in [0.1, 0.15) is 25.8 Å². The van der Waals surface area contributed by atoms with Crippen LogP contribution in [0.25, 0.3) is 0 Å². The summed E-state index contributed by atoms with van der Waals surface area (Å²) in [6.45, 7) is 2.83. The Kier molecular flexibility index (Phi) is 4.27. The lowest BCUT2D eigenvalue weighted by molar-refractivity contribution is -0.384. The van der Waals surface area contributed by atoms with Crippen molar-refractivity contribution in [1.82, 2.24) is 4.90 Å². The molecule has 2 heterocycles. The molecule has 0 aromatic heterocycles. The predicted molar refractivity (Wildman–Crippen MR) is 86.7 cm³/mol. The molecule has 2 aliphatic heterocycles. The fraction of sp³-hybridized carbons (Fsp3) is 0.471. The largest absolute Gasteiger partial charge is 0.459 e. The summed E-state index contributed by atoms with van der Waals surface area (Å²) in [4.78, 5) is 48.0. The first-order chi connectivity index (χ1) is 12.1. The first-order valence-corrected chi connectivity index (χ1v) is 8.08. The molecule has 26 heavy (non-hydrogen) atoms. The third-order valence-corrected chi connectivity index (χ3v) is 4.77. The van der Waals surface area contributed by atoms with Gasteiger partial charge >= 0.3 is 5.97 Å². The molecule has 1 aromatic rings. The van der Waals surface area contributed by atoms with Crippen molar-refractivity contribution in [3.05, 3.63) is 39.9 Å². The number of non-ortho nitro benzene ring substituents is 1. The Labute approximate surface area is 148 Å². The number of ketones is 1. The molecule has 1 aromatic carbocycles. The molecule has 3 rings (SSSR count). The maximum absolute atomic E-state index is 12.3. The molecule has 9 heteroatoms. The molecule has 2 aliphatic rings. The Morgan fingerprint density at radius 2 is 1.96 bits per heavy atom. The van der Waals surface area contributed by atoms with Crippen LogP contribution in [-0.2, 0) is 25.7 Å². The van der Waals surface area contributed by atoms with Crippen molar-refractivity contribution in [2.45, 2.75) is 44.6 Å². The van der Waals surface area contributed by atoms with E-state index in [1.807, 2.05) is 0 Å². The topological polar surface area (TPSA) is 127 Å². The minimum atomic E-state index is -1.29. The van der Waals surface area contributed by atoms with Crippen LogP contribution in [0.2, 0.25) is 0 Å². The summed E-state index contributed by atoms with van der Waals surface area (Å²) in [6, 6.07) is 3.68. The van der Waals surface area contributed by atoms with Gasteiger partial charge in [0.2, 0.25) is 5.91 Å². The maximum atomic E-state index is 12.3. The van der Waals surface area contributed by atoms with Gasteiger partial charge in [-0.1, -0.05) is 0 Å². The van der Waals surface area contributed by atoms with Crippen molar-refractivity contribution < 1.29 is 29.2 Å². The van der Waals surface area contributed by atoms with Crippen LogP contribution in [0.4, 0.5) is 5.69 Å².